The molecule has 0 spiro atoms. The third-order valence-corrected chi connectivity index (χ3v) is 7.20. The van der Waals surface area contributed by atoms with Crippen molar-refractivity contribution >= 4 is 27.7 Å². The molecule has 1 aromatic heterocycles. The average Bonchev–Trinajstić information content (AvgIpc) is 3.15. The molecule has 0 saturated carbocycles. The molecule has 11 heteroatoms. The molecule has 1 N–H and O–H groups in total. The highest BCUT2D eigenvalue weighted by atomic mass is 32.2. The van der Waals surface area contributed by atoms with Crippen molar-refractivity contribution in [3.63, 3.8) is 0 Å². The molecule has 1 aliphatic heterocycles. The fourth-order valence-electron chi connectivity index (χ4n) is 2.84. The largest absolute Gasteiger partial charge is 0.379 e. The standard InChI is InChI=1S/C18H23N5O4S2/c1-3-7-23-17(20-21-18(23)28-13-16(24)19-2)14-5-4-6-15(12-14)29(25,26)22-8-10-27-11-9-22/h3-6,12H,1,7-11,13H2,2H3,(H,19,24). The van der Waals surface area contributed by atoms with Crippen LogP contribution in [0, 0.1) is 0 Å². The average molecular weight is 438 g/mol. The molecule has 29 heavy (non-hydrogen) atoms. The van der Waals surface area contributed by atoms with Gasteiger partial charge in [-0.25, -0.2) is 8.42 Å². The molecule has 9 nitrogen and oxygen atoms in total. The number of hydrogen-bond acceptors (Lipinski definition) is 7. The van der Waals surface area contributed by atoms with Crippen molar-refractivity contribution in [2.75, 3.05) is 39.1 Å². The van der Waals surface area contributed by atoms with E-state index < -0.39 is 10.0 Å². The van der Waals surface area contributed by atoms with Crippen molar-refractivity contribution in [1.82, 2.24) is 24.4 Å². The topological polar surface area (TPSA) is 106 Å². The zero-order valence-corrected chi connectivity index (χ0v) is 17.7. The monoisotopic (exact) mass is 437 g/mol. The van der Waals surface area contributed by atoms with Gasteiger partial charge in [-0.15, -0.1) is 16.8 Å². The summed E-state index contributed by atoms with van der Waals surface area (Å²) in [4.78, 5) is 11.7. The molecule has 1 aliphatic rings. The fourth-order valence-corrected chi connectivity index (χ4v) is 5.11. The van der Waals surface area contributed by atoms with Gasteiger partial charge in [-0.05, 0) is 12.1 Å². The van der Waals surface area contributed by atoms with E-state index in [0.29, 0.717) is 49.4 Å². The quantitative estimate of drug-likeness (QED) is 0.485. The number of sulfonamides is 1. The molecule has 3 rings (SSSR count). The van der Waals surface area contributed by atoms with Gasteiger partial charge in [0.1, 0.15) is 0 Å². The van der Waals surface area contributed by atoms with E-state index in [2.05, 4.69) is 22.1 Å². The number of amides is 1. The summed E-state index contributed by atoms with van der Waals surface area (Å²) in [7, 11) is -2.05. The van der Waals surface area contributed by atoms with Crippen LogP contribution in [0.2, 0.25) is 0 Å². The molecule has 0 aliphatic carbocycles. The number of aromatic nitrogens is 3. The summed E-state index contributed by atoms with van der Waals surface area (Å²) in [5.41, 5.74) is 0.625. The fraction of sp³-hybridized carbons (Fsp3) is 0.389. The first-order chi connectivity index (χ1) is 14.0. The highest BCUT2D eigenvalue weighted by Crippen LogP contribution is 2.27. The number of nitrogens with zero attached hydrogens (tertiary/aromatic N) is 4. The minimum atomic E-state index is -3.62. The van der Waals surface area contributed by atoms with Crippen molar-refractivity contribution in [2.24, 2.45) is 0 Å². The normalized spacial score (nSPS) is 15.2. The Bertz CT molecular complexity index is 984. The second kappa shape index (κ2) is 9.53. The van der Waals surface area contributed by atoms with Gasteiger partial charge in [0.2, 0.25) is 15.9 Å². The Morgan fingerprint density at radius 3 is 2.79 bits per heavy atom. The van der Waals surface area contributed by atoms with Crippen LogP contribution in [0.15, 0.2) is 47.0 Å². The highest BCUT2D eigenvalue weighted by Gasteiger charge is 2.27. The molecule has 0 unspecified atom stereocenters. The lowest BCUT2D eigenvalue weighted by Crippen LogP contribution is -2.40. The number of rotatable bonds is 8. The molecule has 0 atom stereocenters. The number of benzene rings is 1. The van der Waals surface area contributed by atoms with Gasteiger partial charge in [0.25, 0.3) is 0 Å². The van der Waals surface area contributed by atoms with Gasteiger partial charge >= 0.3 is 0 Å². The second-order valence-corrected chi connectivity index (χ2v) is 9.09. The van der Waals surface area contributed by atoms with Crippen LogP contribution < -0.4 is 5.32 Å². The van der Waals surface area contributed by atoms with Crippen LogP contribution in [0.4, 0.5) is 0 Å². The van der Waals surface area contributed by atoms with Gasteiger partial charge in [-0.1, -0.05) is 30.0 Å². The number of ether oxygens (including phenoxy) is 1. The predicted molar refractivity (Wildman–Crippen MR) is 110 cm³/mol. The molecular formula is C18H23N5O4S2. The second-order valence-electron chi connectivity index (χ2n) is 6.21. The molecule has 2 heterocycles. The molecule has 0 radical (unpaired) electrons. The molecule has 1 saturated heterocycles. The SMILES string of the molecule is C=CCn1c(SCC(=O)NC)nnc1-c1cccc(S(=O)(=O)N2CCOCC2)c1. The van der Waals surface area contributed by atoms with Crippen LogP contribution >= 0.6 is 11.8 Å². The number of morpholine rings is 1. The van der Waals surface area contributed by atoms with E-state index in [9.17, 15) is 13.2 Å². The Morgan fingerprint density at radius 1 is 1.34 bits per heavy atom. The van der Waals surface area contributed by atoms with Gasteiger partial charge in [-0.2, -0.15) is 4.31 Å². The number of carbonyl (C=O) groups is 1. The van der Waals surface area contributed by atoms with Crippen LogP contribution in [0.5, 0.6) is 0 Å². The lowest BCUT2D eigenvalue weighted by atomic mass is 10.2. The lowest BCUT2D eigenvalue weighted by Gasteiger charge is -2.26. The minimum absolute atomic E-state index is 0.122. The van der Waals surface area contributed by atoms with Gasteiger partial charge < -0.3 is 10.1 Å². The van der Waals surface area contributed by atoms with Gasteiger partial charge in [0, 0.05) is 32.2 Å². The number of thioether (sulfide) groups is 1. The maximum absolute atomic E-state index is 13.0. The summed E-state index contributed by atoms with van der Waals surface area (Å²) < 4.78 is 34.4. The molecule has 156 valence electrons. The summed E-state index contributed by atoms with van der Waals surface area (Å²) in [5.74, 6) is 0.601. The predicted octanol–water partition coefficient (Wildman–Crippen LogP) is 0.990. The van der Waals surface area contributed by atoms with Crippen molar-refractivity contribution in [3.8, 4) is 11.4 Å². The van der Waals surface area contributed by atoms with Crippen molar-refractivity contribution in [2.45, 2.75) is 16.6 Å². The van der Waals surface area contributed by atoms with Gasteiger partial charge in [0.15, 0.2) is 11.0 Å². The highest BCUT2D eigenvalue weighted by molar-refractivity contribution is 7.99. The third-order valence-electron chi connectivity index (χ3n) is 4.34. The van der Waals surface area contributed by atoms with Crippen LogP contribution in [0.3, 0.4) is 0 Å². The molecule has 0 bridgehead atoms. The first-order valence-corrected chi connectivity index (χ1v) is 11.5. The number of carbonyl (C=O) groups excluding carboxylic acids is 1. The summed E-state index contributed by atoms with van der Waals surface area (Å²) >= 11 is 1.26. The minimum Gasteiger partial charge on any atom is -0.379 e. The maximum atomic E-state index is 13.0. The van der Waals surface area contributed by atoms with E-state index in [1.165, 1.54) is 16.1 Å². The van der Waals surface area contributed by atoms with E-state index in [1.807, 2.05) is 0 Å². The Labute approximate surface area is 174 Å². The van der Waals surface area contributed by atoms with Gasteiger partial charge in [0.05, 0.1) is 23.9 Å². The van der Waals surface area contributed by atoms with Crippen molar-refractivity contribution < 1.29 is 17.9 Å². The summed E-state index contributed by atoms with van der Waals surface area (Å²) in [5, 5.41) is 11.5. The third kappa shape index (κ3) is 4.86. The number of nitrogens with one attached hydrogen (secondary N) is 1. The van der Waals surface area contributed by atoms with Crippen molar-refractivity contribution in [1.29, 1.82) is 0 Å². The molecule has 1 aromatic carbocycles. The lowest BCUT2D eigenvalue weighted by molar-refractivity contribution is -0.118. The first-order valence-electron chi connectivity index (χ1n) is 9.03. The Kier molecular flexibility index (Phi) is 7.06. The Hall–Kier alpha value is -2.21. The maximum Gasteiger partial charge on any atom is 0.243 e. The summed E-state index contributed by atoms with van der Waals surface area (Å²) in [6.45, 7) is 5.63. The van der Waals surface area contributed by atoms with Crippen LogP contribution in [-0.2, 0) is 26.1 Å². The van der Waals surface area contributed by atoms with E-state index in [0.717, 1.165) is 0 Å². The van der Waals surface area contributed by atoms with E-state index in [4.69, 9.17) is 4.74 Å². The summed E-state index contributed by atoms with van der Waals surface area (Å²) in [6, 6.07) is 6.65. The molecular weight excluding hydrogens is 414 g/mol. The molecule has 2 aromatic rings. The summed E-state index contributed by atoms with van der Waals surface area (Å²) in [6.07, 6.45) is 1.70. The zero-order chi connectivity index (χ0) is 20.9. The van der Waals surface area contributed by atoms with E-state index in [-0.39, 0.29) is 16.6 Å². The Balaban J connectivity index is 1.93. The zero-order valence-electron chi connectivity index (χ0n) is 16.1. The van der Waals surface area contributed by atoms with Crippen LogP contribution in [0.25, 0.3) is 11.4 Å². The van der Waals surface area contributed by atoms with E-state index >= 15 is 0 Å². The van der Waals surface area contributed by atoms with E-state index in [1.54, 1.807) is 42.0 Å². The number of hydrogen-bond donors (Lipinski definition) is 1. The number of allylic oxidation sites excluding steroid dienone is 1. The molecule has 1 fully saturated rings. The first kappa shape index (κ1) is 21.5. The van der Waals surface area contributed by atoms with Crippen LogP contribution in [0.1, 0.15) is 0 Å². The Morgan fingerprint density at radius 2 is 2.10 bits per heavy atom. The van der Waals surface area contributed by atoms with Crippen molar-refractivity contribution in [3.05, 3.63) is 36.9 Å². The van der Waals surface area contributed by atoms with Gasteiger partial charge in [-0.3, -0.25) is 9.36 Å². The van der Waals surface area contributed by atoms with Crippen LogP contribution in [-0.4, -0.2) is 72.5 Å². The smallest absolute Gasteiger partial charge is 0.243 e. The molecule has 1 amide bonds.